The van der Waals surface area contributed by atoms with Crippen LogP contribution in [0.4, 0.5) is 10.6 Å². The number of nitrogens with zero attached hydrogens (tertiary/aromatic N) is 2. The molecule has 2 amide bonds. The normalized spacial score (nSPS) is 19.2. The summed E-state index contributed by atoms with van der Waals surface area (Å²) in [5.74, 6) is 0.629. The third kappa shape index (κ3) is 4.65. The summed E-state index contributed by atoms with van der Waals surface area (Å²) in [7, 11) is -2.21. The number of sulfonamides is 1. The molecule has 2 heterocycles. The maximum Gasteiger partial charge on any atom is 0.323 e. The fourth-order valence-corrected chi connectivity index (χ4v) is 3.03. The number of anilines is 1. The largest absolute Gasteiger partial charge is 0.376 e. The zero-order valence-corrected chi connectivity index (χ0v) is 15.0. The molecule has 0 spiro atoms. The van der Waals surface area contributed by atoms with Crippen molar-refractivity contribution >= 4 is 21.9 Å². The van der Waals surface area contributed by atoms with Crippen LogP contribution >= 0.6 is 0 Å². The lowest BCUT2D eigenvalue weighted by Gasteiger charge is -2.26. The van der Waals surface area contributed by atoms with Crippen molar-refractivity contribution in [2.45, 2.75) is 31.3 Å². The molecule has 1 fully saturated rings. The Morgan fingerprint density at radius 1 is 1.42 bits per heavy atom. The predicted octanol–water partition coefficient (Wildman–Crippen LogP) is 1.27. The summed E-state index contributed by atoms with van der Waals surface area (Å²) in [5, 5.41) is 2.70. The molecule has 2 rings (SSSR count). The summed E-state index contributed by atoms with van der Waals surface area (Å²) in [4.78, 5) is 18.2. The third-order valence-corrected chi connectivity index (χ3v) is 5.29. The Bertz CT molecular complexity index is 661. The molecule has 1 aromatic rings. The van der Waals surface area contributed by atoms with Gasteiger partial charge >= 0.3 is 6.03 Å². The van der Waals surface area contributed by atoms with Crippen molar-refractivity contribution in [2.24, 2.45) is 5.92 Å². The van der Waals surface area contributed by atoms with Gasteiger partial charge in [-0.3, -0.25) is 5.32 Å². The number of hydrogen-bond acceptors (Lipinski definition) is 5. The highest BCUT2D eigenvalue weighted by molar-refractivity contribution is 7.89. The van der Waals surface area contributed by atoms with Gasteiger partial charge in [-0.05, 0) is 31.5 Å². The minimum atomic E-state index is -3.54. The molecule has 0 bridgehead atoms. The van der Waals surface area contributed by atoms with Crippen molar-refractivity contribution in [2.75, 3.05) is 32.1 Å². The van der Waals surface area contributed by atoms with Gasteiger partial charge in [0.25, 0.3) is 0 Å². The van der Waals surface area contributed by atoms with E-state index in [1.807, 2.05) is 0 Å². The van der Waals surface area contributed by atoms with E-state index in [4.69, 9.17) is 4.74 Å². The molecule has 8 nitrogen and oxygen atoms in total. The average molecular weight is 356 g/mol. The average Bonchev–Trinajstić information content (AvgIpc) is 2.81. The molecule has 1 atom stereocenters. The Morgan fingerprint density at radius 3 is 2.75 bits per heavy atom. The van der Waals surface area contributed by atoms with Gasteiger partial charge in [-0.15, -0.1) is 0 Å². The topological polar surface area (TPSA) is 101 Å². The van der Waals surface area contributed by atoms with E-state index in [0.29, 0.717) is 31.4 Å². The van der Waals surface area contributed by atoms with Gasteiger partial charge in [-0.25, -0.2) is 22.9 Å². The number of amides is 2. The van der Waals surface area contributed by atoms with Crippen molar-refractivity contribution in [1.82, 2.24) is 14.6 Å². The van der Waals surface area contributed by atoms with Gasteiger partial charge in [0.2, 0.25) is 10.0 Å². The van der Waals surface area contributed by atoms with Gasteiger partial charge in [-0.2, -0.15) is 0 Å². The molecular weight excluding hydrogens is 332 g/mol. The van der Waals surface area contributed by atoms with Crippen LogP contribution in [0.5, 0.6) is 0 Å². The minimum Gasteiger partial charge on any atom is -0.376 e. The monoisotopic (exact) mass is 356 g/mol. The Morgan fingerprint density at radius 2 is 2.17 bits per heavy atom. The number of carbonyl (C=O) groups is 1. The van der Waals surface area contributed by atoms with Crippen molar-refractivity contribution in [3.8, 4) is 0 Å². The fourth-order valence-electron chi connectivity index (χ4n) is 2.36. The van der Waals surface area contributed by atoms with Crippen LogP contribution in [0.2, 0.25) is 0 Å². The summed E-state index contributed by atoms with van der Waals surface area (Å²) in [6.07, 6.45) is 2.00. The Kier molecular flexibility index (Phi) is 6.14. The van der Waals surface area contributed by atoms with Crippen LogP contribution in [0.1, 0.15) is 20.3 Å². The Balaban J connectivity index is 2.03. The van der Waals surface area contributed by atoms with E-state index >= 15 is 0 Å². The van der Waals surface area contributed by atoms with Gasteiger partial charge in [0.1, 0.15) is 10.7 Å². The van der Waals surface area contributed by atoms with Crippen LogP contribution in [0.3, 0.4) is 0 Å². The van der Waals surface area contributed by atoms with E-state index < -0.39 is 10.0 Å². The predicted molar refractivity (Wildman–Crippen MR) is 90.3 cm³/mol. The first kappa shape index (κ1) is 18.6. The SMILES string of the molecule is CNS(=O)(=O)c1ccc(NC(=O)N2CCCOC(C(C)C)C2)nc1. The minimum absolute atomic E-state index is 0.00866. The molecule has 9 heteroatoms. The van der Waals surface area contributed by atoms with Crippen LogP contribution < -0.4 is 10.0 Å². The summed E-state index contributed by atoms with van der Waals surface area (Å²) in [5.41, 5.74) is 0. The molecule has 1 aliphatic rings. The number of nitrogens with one attached hydrogen (secondary N) is 2. The molecule has 0 aliphatic carbocycles. The molecule has 2 N–H and O–H groups in total. The highest BCUT2D eigenvalue weighted by atomic mass is 32.2. The second-order valence-corrected chi connectivity index (χ2v) is 7.86. The van der Waals surface area contributed by atoms with E-state index in [-0.39, 0.29) is 17.0 Å². The standard InChI is InChI=1S/C15H24N4O4S/c1-11(2)13-10-19(7-4-8-23-13)15(20)18-14-6-5-12(9-17-14)24(21,22)16-3/h5-6,9,11,13,16H,4,7-8,10H2,1-3H3,(H,17,18,20). The number of hydrogen-bond donors (Lipinski definition) is 2. The molecular formula is C15H24N4O4S. The zero-order chi connectivity index (χ0) is 17.7. The molecule has 1 unspecified atom stereocenters. The summed E-state index contributed by atoms with van der Waals surface area (Å²) in [6, 6.07) is 2.61. The maximum absolute atomic E-state index is 12.4. The second kappa shape index (κ2) is 7.91. The Hall–Kier alpha value is -1.71. The van der Waals surface area contributed by atoms with E-state index in [9.17, 15) is 13.2 Å². The van der Waals surface area contributed by atoms with Crippen LogP contribution in [0.15, 0.2) is 23.2 Å². The van der Waals surface area contributed by atoms with E-state index in [1.165, 1.54) is 25.4 Å². The number of pyridine rings is 1. The number of ether oxygens (including phenoxy) is 1. The van der Waals surface area contributed by atoms with Crippen molar-refractivity contribution in [1.29, 1.82) is 0 Å². The molecule has 0 saturated carbocycles. The van der Waals surface area contributed by atoms with Crippen molar-refractivity contribution < 1.29 is 17.9 Å². The van der Waals surface area contributed by atoms with Crippen LogP contribution in [0, 0.1) is 5.92 Å². The van der Waals surface area contributed by atoms with E-state index in [2.05, 4.69) is 28.9 Å². The summed E-state index contributed by atoms with van der Waals surface area (Å²) in [6.45, 7) is 5.90. The van der Waals surface area contributed by atoms with Gasteiger partial charge in [0, 0.05) is 25.9 Å². The van der Waals surface area contributed by atoms with Gasteiger partial charge in [0.15, 0.2) is 0 Å². The molecule has 0 radical (unpaired) electrons. The number of carbonyl (C=O) groups excluding carboxylic acids is 1. The fraction of sp³-hybridized carbons (Fsp3) is 0.600. The lowest BCUT2D eigenvalue weighted by Crippen LogP contribution is -2.41. The highest BCUT2D eigenvalue weighted by Gasteiger charge is 2.25. The highest BCUT2D eigenvalue weighted by Crippen LogP contribution is 2.15. The summed E-state index contributed by atoms with van der Waals surface area (Å²) >= 11 is 0. The third-order valence-electron chi connectivity index (χ3n) is 3.89. The van der Waals surface area contributed by atoms with E-state index in [0.717, 1.165) is 6.42 Å². The van der Waals surface area contributed by atoms with E-state index in [1.54, 1.807) is 4.90 Å². The maximum atomic E-state index is 12.4. The first-order chi connectivity index (χ1) is 11.3. The van der Waals surface area contributed by atoms with Gasteiger partial charge in [-0.1, -0.05) is 13.8 Å². The van der Waals surface area contributed by atoms with Gasteiger partial charge < -0.3 is 9.64 Å². The molecule has 0 aromatic carbocycles. The number of aromatic nitrogens is 1. The van der Waals surface area contributed by atoms with Crippen molar-refractivity contribution in [3.63, 3.8) is 0 Å². The number of rotatable bonds is 4. The van der Waals surface area contributed by atoms with Crippen molar-refractivity contribution in [3.05, 3.63) is 18.3 Å². The first-order valence-corrected chi connectivity index (χ1v) is 9.39. The lowest BCUT2D eigenvalue weighted by atomic mass is 10.1. The van der Waals surface area contributed by atoms with Gasteiger partial charge in [0.05, 0.1) is 6.10 Å². The van der Waals surface area contributed by atoms with Crippen LogP contribution in [0.25, 0.3) is 0 Å². The van der Waals surface area contributed by atoms with Crippen LogP contribution in [-0.4, -0.2) is 57.2 Å². The molecule has 1 aromatic heterocycles. The lowest BCUT2D eigenvalue weighted by molar-refractivity contribution is 0.0273. The summed E-state index contributed by atoms with van der Waals surface area (Å²) < 4.78 is 31.3. The molecule has 24 heavy (non-hydrogen) atoms. The quantitative estimate of drug-likeness (QED) is 0.846. The Labute approximate surface area is 142 Å². The smallest absolute Gasteiger partial charge is 0.323 e. The second-order valence-electron chi connectivity index (χ2n) is 5.97. The molecule has 1 aliphatic heterocycles. The molecule has 1 saturated heterocycles. The zero-order valence-electron chi connectivity index (χ0n) is 14.2. The number of urea groups is 1. The van der Waals surface area contributed by atoms with Crippen LogP contribution in [-0.2, 0) is 14.8 Å². The first-order valence-electron chi connectivity index (χ1n) is 7.90. The molecule has 134 valence electrons.